The SMILES string of the molecule is CCC1CCC(N(C(=O)c2csc(CN)n2)C2CC2)CC1. The van der Waals surface area contributed by atoms with Crippen LogP contribution < -0.4 is 5.73 Å². The van der Waals surface area contributed by atoms with Crippen molar-refractivity contribution in [3.8, 4) is 0 Å². The van der Waals surface area contributed by atoms with Crippen molar-refractivity contribution in [2.45, 2.75) is 70.5 Å². The molecule has 2 fully saturated rings. The van der Waals surface area contributed by atoms with Gasteiger partial charge in [-0.1, -0.05) is 13.3 Å². The molecule has 2 saturated carbocycles. The first kappa shape index (κ1) is 15.0. The fraction of sp³-hybridized carbons (Fsp3) is 0.750. The van der Waals surface area contributed by atoms with Crippen molar-refractivity contribution in [2.24, 2.45) is 11.7 Å². The lowest BCUT2D eigenvalue weighted by molar-refractivity contribution is 0.0582. The highest BCUT2D eigenvalue weighted by atomic mass is 32.1. The topological polar surface area (TPSA) is 59.2 Å². The fourth-order valence-corrected chi connectivity index (χ4v) is 4.10. The van der Waals surface area contributed by atoms with Gasteiger partial charge >= 0.3 is 0 Å². The number of nitrogens with zero attached hydrogens (tertiary/aromatic N) is 2. The van der Waals surface area contributed by atoms with E-state index in [0.717, 1.165) is 36.6 Å². The molecule has 0 bridgehead atoms. The van der Waals surface area contributed by atoms with E-state index in [-0.39, 0.29) is 5.91 Å². The molecule has 2 aliphatic carbocycles. The molecule has 116 valence electrons. The molecule has 5 heteroatoms. The van der Waals surface area contributed by atoms with Crippen LogP contribution in [0, 0.1) is 5.92 Å². The van der Waals surface area contributed by atoms with E-state index in [0.29, 0.717) is 24.3 Å². The van der Waals surface area contributed by atoms with E-state index in [1.165, 1.54) is 30.6 Å². The van der Waals surface area contributed by atoms with E-state index in [1.54, 1.807) is 0 Å². The number of nitrogens with two attached hydrogens (primary N) is 1. The highest BCUT2D eigenvalue weighted by Crippen LogP contribution is 2.37. The molecule has 1 aromatic rings. The molecular formula is C16H25N3OS. The minimum absolute atomic E-state index is 0.133. The summed E-state index contributed by atoms with van der Waals surface area (Å²) < 4.78 is 0. The van der Waals surface area contributed by atoms with Crippen molar-refractivity contribution < 1.29 is 4.79 Å². The maximum atomic E-state index is 12.8. The Balaban J connectivity index is 1.71. The van der Waals surface area contributed by atoms with Gasteiger partial charge in [0.25, 0.3) is 5.91 Å². The summed E-state index contributed by atoms with van der Waals surface area (Å²) in [7, 11) is 0. The van der Waals surface area contributed by atoms with E-state index in [9.17, 15) is 4.79 Å². The van der Waals surface area contributed by atoms with Crippen LogP contribution in [0.25, 0.3) is 0 Å². The molecule has 2 aliphatic rings. The normalized spacial score (nSPS) is 25.8. The first-order chi connectivity index (χ1) is 10.2. The Morgan fingerprint density at radius 1 is 1.29 bits per heavy atom. The van der Waals surface area contributed by atoms with Crippen molar-refractivity contribution in [1.82, 2.24) is 9.88 Å². The zero-order valence-corrected chi connectivity index (χ0v) is 13.6. The van der Waals surface area contributed by atoms with Crippen LogP contribution in [-0.4, -0.2) is 27.9 Å². The number of rotatable bonds is 5. The second-order valence-electron chi connectivity index (χ2n) is 6.36. The zero-order valence-electron chi connectivity index (χ0n) is 12.8. The van der Waals surface area contributed by atoms with E-state index in [1.807, 2.05) is 5.38 Å². The van der Waals surface area contributed by atoms with Crippen LogP contribution in [0.2, 0.25) is 0 Å². The number of hydrogen-bond donors (Lipinski definition) is 1. The summed E-state index contributed by atoms with van der Waals surface area (Å²) in [4.78, 5) is 19.4. The molecule has 0 spiro atoms. The fourth-order valence-electron chi connectivity index (χ4n) is 3.45. The molecule has 1 amide bonds. The van der Waals surface area contributed by atoms with E-state index in [4.69, 9.17) is 5.73 Å². The largest absolute Gasteiger partial charge is 0.331 e. The van der Waals surface area contributed by atoms with Crippen molar-refractivity contribution in [3.05, 3.63) is 16.1 Å². The van der Waals surface area contributed by atoms with Crippen molar-refractivity contribution in [1.29, 1.82) is 0 Å². The average Bonchev–Trinajstić information content (AvgIpc) is 3.23. The summed E-state index contributed by atoms with van der Waals surface area (Å²) >= 11 is 1.49. The quantitative estimate of drug-likeness (QED) is 0.909. The summed E-state index contributed by atoms with van der Waals surface area (Å²) in [6, 6.07) is 0.888. The summed E-state index contributed by atoms with van der Waals surface area (Å²) in [5, 5.41) is 2.72. The van der Waals surface area contributed by atoms with Crippen LogP contribution in [0.3, 0.4) is 0 Å². The van der Waals surface area contributed by atoms with Gasteiger partial charge in [0.2, 0.25) is 0 Å². The minimum Gasteiger partial charge on any atom is -0.331 e. The lowest BCUT2D eigenvalue weighted by Crippen LogP contribution is -2.44. The molecule has 21 heavy (non-hydrogen) atoms. The number of amides is 1. The second kappa shape index (κ2) is 6.44. The maximum absolute atomic E-state index is 12.8. The molecule has 0 unspecified atom stereocenters. The summed E-state index contributed by atoms with van der Waals surface area (Å²) in [5.74, 6) is 0.994. The van der Waals surface area contributed by atoms with Crippen LogP contribution in [0.5, 0.6) is 0 Å². The van der Waals surface area contributed by atoms with Gasteiger partial charge in [0.1, 0.15) is 10.7 Å². The minimum atomic E-state index is 0.133. The van der Waals surface area contributed by atoms with Gasteiger partial charge in [0, 0.05) is 24.0 Å². The first-order valence-electron chi connectivity index (χ1n) is 8.20. The molecule has 0 aromatic carbocycles. The van der Waals surface area contributed by atoms with Gasteiger partial charge in [-0.25, -0.2) is 4.98 Å². The second-order valence-corrected chi connectivity index (χ2v) is 7.30. The van der Waals surface area contributed by atoms with Crippen LogP contribution in [0.15, 0.2) is 5.38 Å². The molecule has 0 aliphatic heterocycles. The smallest absolute Gasteiger partial charge is 0.273 e. The Labute approximate surface area is 130 Å². The van der Waals surface area contributed by atoms with E-state index < -0.39 is 0 Å². The lowest BCUT2D eigenvalue weighted by atomic mass is 9.84. The Bertz CT molecular complexity index is 489. The Morgan fingerprint density at radius 2 is 1.90 bits per heavy atom. The van der Waals surface area contributed by atoms with Gasteiger partial charge in [-0.15, -0.1) is 11.3 Å². The number of thiazole rings is 1. The van der Waals surface area contributed by atoms with Crippen LogP contribution in [0.4, 0.5) is 0 Å². The van der Waals surface area contributed by atoms with Gasteiger partial charge < -0.3 is 10.6 Å². The first-order valence-corrected chi connectivity index (χ1v) is 9.08. The molecule has 4 nitrogen and oxygen atoms in total. The summed E-state index contributed by atoms with van der Waals surface area (Å²) in [6.45, 7) is 2.70. The zero-order chi connectivity index (χ0) is 14.8. The summed E-state index contributed by atoms with van der Waals surface area (Å²) in [5.41, 5.74) is 6.21. The van der Waals surface area contributed by atoms with Gasteiger partial charge in [0.15, 0.2) is 0 Å². The Kier molecular flexibility index (Phi) is 4.60. The standard InChI is InChI=1S/C16H25N3OS/c1-2-11-3-5-12(6-4-11)19(13-7-8-13)16(20)14-10-21-15(9-17)18-14/h10-13H,2-9,17H2,1H3. The van der Waals surface area contributed by atoms with Crippen LogP contribution in [0.1, 0.15) is 67.4 Å². The molecular weight excluding hydrogens is 282 g/mol. The van der Waals surface area contributed by atoms with Gasteiger partial charge in [0.05, 0.1) is 0 Å². The lowest BCUT2D eigenvalue weighted by Gasteiger charge is -2.36. The number of carbonyl (C=O) groups is 1. The number of hydrogen-bond acceptors (Lipinski definition) is 4. The van der Waals surface area contributed by atoms with Gasteiger partial charge in [-0.2, -0.15) is 0 Å². The maximum Gasteiger partial charge on any atom is 0.273 e. The third kappa shape index (κ3) is 3.29. The predicted octanol–water partition coefficient (Wildman–Crippen LogP) is 3.18. The molecule has 3 rings (SSSR count). The third-order valence-electron chi connectivity index (χ3n) is 4.91. The Morgan fingerprint density at radius 3 is 2.38 bits per heavy atom. The third-order valence-corrected chi connectivity index (χ3v) is 5.78. The average molecular weight is 307 g/mol. The van der Waals surface area contributed by atoms with Gasteiger partial charge in [-0.05, 0) is 44.4 Å². The monoisotopic (exact) mass is 307 g/mol. The van der Waals surface area contributed by atoms with Crippen LogP contribution >= 0.6 is 11.3 Å². The van der Waals surface area contributed by atoms with Crippen LogP contribution in [-0.2, 0) is 6.54 Å². The Hall–Kier alpha value is -0.940. The molecule has 1 heterocycles. The highest BCUT2D eigenvalue weighted by molar-refractivity contribution is 7.09. The van der Waals surface area contributed by atoms with Crippen molar-refractivity contribution in [2.75, 3.05) is 0 Å². The highest BCUT2D eigenvalue weighted by Gasteiger charge is 2.39. The number of carbonyl (C=O) groups excluding carboxylic acids is 1. The molecule has 2 N–H and O–H groups in total. The number of aromatic nitrogens is 1. The van der Waals surface area contributed by atoms with E-state index in [2.05, 4.69) is 16.8 Å². The molecule has 0 radical (unpaired) electrons. The molecule has 0 atom stereocenters. The van der Waals surface area contributed by atoms with Crippen molar-refractivity contribution in [3.63, 3.8) is 0 Å². The summed E-state index contributed by atoms with van der Waals surface area (Å²) in [6.07, 6.45) is 8.45. The molecule has 1 aromatic heterocycles. The van der Waals surface area contributed by atoms with Gasteiger partial charge in [-0.3, -0.25) is 4.79 Å². The van der Waals surface area contributed by atoms with E-state index >= 15 is 0 Å². The molecule has 0 saturated heterocycles. The van der Waals surface area contributed by atoms with Crippen molar-refractivity contribution >= 4 is 17.2 Å². The predicted molar refractivity (Wildman–Crippen MR) is 85.2 cm³/mol.